The summed E-state index contributed by atoms with van der Waals surface area (Å²) in [6, 6.07) is 6.94. The fraction of sp³-hybridized carbons (Fsp3) is 0.0909. The Balaban J connectivity index is 2.84. The fourth-order valence-electron chi connectivity index (χ4n) is 1.44. The van der Waals surface area contributed by atoms with Gasteiger partial charge in [0.1, 0.15) is 0 Å². The van der Waals surface area contributed by atoms with E-state index in [1.165, 1.54) is 0 Å². The van der Waals surface area contributed by atoms with E-state index in [0.29, 0.717) is 10.9 Å². The van der Waals surface area contributed by atoms with Crippen LogP contribution in [0.15, 0.2) is 30.5 Å². The Bertz CT molecular complexity index is 506. The van der Waals surface area contributed by atoms with E-state index in [9.17, 15) is 4.79 Å². The van der Waals surface area contributed by atoms with Gasteiger partial charge in [-0.1, -0.05) is 6.07 Å². The van der Waals surface area contributed by atoms with Crippen LogP contribution in [-0.4, -0.2) is 16.1 Å². The van der Waals surface area contributed by atoms with Gasteiger partial charge in [0, 0.05) is 11.6 Å². The number of aromatic carboxylic acids is 1. The molecule has 0 aliphatic heterocycles. The number of carbonyl (C=O) groups is 1. The van der Waals surface area contributed by atoms with Crippen LogP contribution in [0, 0.1) is 6.92 Å². The molecule has 0 saturated heterocycles. The molecule has 1 heterocycles. The molecule has 0 saturated carbocycles. The third-order valence-electron chi connectivity index (χ3n) is 2.09. The maximum absolute atomic E-state index is 10.9. The number of hydrogen-bond acceptors (Lipinski definition) is 2. The molecule has 2 aromatic rings. The Labute approximate surface area is 81.0 Å². The van der Waals surface area contributed by atoms with E-state index in [4.69, 9.17) is 5.11 Å². The number of rotatable bonds is 1. The Kier molecular flexibility index (Phi) is 1.93. The normalized spacial score (nSPS) is 10.4. The van der Waals surface area contributed by atoms with E-state index < -0.39 is 5.97 Å². The van der Waals surface area contributed by atoms with Crippen molar-refractivity contribution in [3.05, 3.63) is 41.6 Å². The zero-order chi connectivity index (χ0) is 10.1. The highest BCUT2D eigenvalue weighted by Gasteiger charge is 2.07. The molecule has 0 bridgehead atoms. The third kappa shape index (κ3) is 1.33. The van der Waals surface area contributed by atoms with Crippen LogP contribution in [0.1, 0.15) is 15.9 Å². The second kappa shape index (κ2) is 3.10. The molecule has 3 heteroatoms. The highest BCUT2D eigenvalue weighted by atomic mass is 16.4. The molecular weight excluding hydrogens is 178 g/mol. The van der Waals surface area contributed by atoms with Crippen LogP contribution in [0.25, 0.3) is 10.9 Å². The molecule has 1 N–H and O–H groups in total. The summed E-state index contributed by atoms with van der Waals surface area (Å²) in [5.41, 5.74) is 1.99. The van der Waals surface area contributed by atoms with Gasteiger partial charge in [-0.05, 0) is 30.7 Å². The molecule has 0 fully saturated rings. The second-order valence-electron chi connectivity index (χ2n) is 3.19. The molecule has 0 aliphatic carbocycles. The van der Waals surface area contributed by atoms with Crippen molar-refractivity contribution < 1.29 is 9.90 Å². The van der Waals surface area contributed by atoms with Crippen LogP contribution in [0.4, 0.5) is 0 Å². The molecule has 1 aromatic carbocycles. The average Bonchev–Trinajstić information content (AvgIpc) is 2.16. The van der Waals surface area contributed by atoms with Crippen LogP contribution >= 0.6 is 0 Å². The quantitative estimate of drug-likeness (QED) is 0.744. The Morgan fingerprint density at radius 1 is 1.43 bits per heavy atom. The molecule has 2 rings (SSSR count). The van der Waals surface area contributed by atoms with Crippen molar-refractivity contribution in [2.24, 2.45) is 0 Å². The molecule has 0 spiro atoms. The van der Waals surface area contributed by atoms with Crippen molar-refractivity contribution in [1.29, 1.82) is 0 Å². The largest absolute Gasteiger partial charge is 0.478 e. The maximum Gasteiger partial charge on any atom is 0.336 e. The minimum absolute atomic E-state index is 0.304. The summed E-state index contributed by atoms with van der Waals surface area (Å²) in [5.74, 6) is -0.914. The first-order chi connectivity index (χ1) is 6.68. The van der Waals surface area contributed by atoms with Crippen LogP contribution in [0.3, 0.4) is 0 Å². The predicted octanol–water partition coefficient (Wildman–Crippen LogP) is 2.24. The van der Waals surface area contributed by atoms with Crippen molar-refractivity contribution in [3.8, 4) is 0 Å². The summed E-state index contributed by atoms with van der Waals surface area (Å²) in [4.78, 5) is 15.1. The Morgan fingerprint density at radius 2 is 2.21 bits per heavy atom. The Morgan fingerprint density at radius 3 is 2.93 bits per heavy atom. The second-order valence-corrected chi connectivity index (χ2v) is 3.19. The summed E-state index contributed by atoms with van der Waals surface area (Å²) in [6.45, 7) is 1.89. The average molecular weight is 187 g/mol. The number of benzene rings is 1. The number of nitrogens with zero attached hydrogens (tertiary/aromatic N) is 1. The fourth-order valence-corrected chi connectivity index (χ4v) is 1.44. The minimum atomic E-state index is -0.914. The molecule has 0 radical (unpaired) electrons. The van der Waals surface area contributed by atoms with Gasteiger partial charge in [0.05, 0.1) is 11.1 Å². The smallest absolute Gasteiger partial charge is 0.336 e. The van der Waals surface area contributed by atoms with Crippen molar-refractivity contribution in [2.75, 3.05) is 0 Å². The minimum Gasteiger partial charge on any atom is -0.478 e. The molecule has 3 nitrogen and oxygen atoms in total. The van der Waals surface area contributed by atoms with E-state index in [1.54, 1.807) is 24.4 Å². The van der Waals surface area contributed by atoms with Crippen LogP contribution < -0.4 is 0 Å². The summed E-state index contributed by atoms with van der Waals surface area (Å²) in [6.07, 6.45) is 1.73. The lowest BCUT2D eigenvalue weighted by Crippen LogP contribution is -1.97. The van der Waals surface area contributed by atoms with E-state index in [2.05, 4.69) is 4.98 Å². The van der Waals surface area contributed by atoms with Gasteiger partial charge in [0.15, 0.2) is 0 Å². The zero-order valence-corrected chi connectivity index (χ0v) is 7.69. The molecule has 0 unspecified atom stereocenters. The molecule has 70 valence electrons. The number of carboxylic acid groups (broad SMARTS) is 1. The van der Waals surface area contributed by atoms with Crippen molar-refractivity contribution in [3.63, 3.8) is 0 Å². The van der Waals surface area contributed by atoms with Gasteiger partial charge in [0.25, 0.3) is 0 Å². The maximum atomic E-state index is 10.9. The monoisotopic (exact) mass is 187 g/mol. The van der Waals surface area contributed by atoms with Gasteiger partial charge in [-0.2, -0.15) is 0 Å². The number of aryl methyl sites for hydroxylation is 1. The number of carboxylic acids is 1. The van der Waals surface area contributed by atoms with Gasteiger partial charge >= 0.3 is 5.97 Å². The lowest BCUT2D eigenvalue weighted by molar-refractivity contribution is 0.0699. The van der Waals surface area contributed by atoms with E-state index in [-0.39, 0.29) is 0 Å². The highest BCUT2D eigenvalue weighted by Crippen LogP contribution is 2.17. The first kappa shape index (κ1) is 8.69. The number of pyridine rings is 1. The van der Waals surface area contributed by atoms with Crippen LogP contribution in [0.2, 0.25) is 0 Å². The highest BCUT2D eigenvalue weighted by molar-refractivity contribution is 6.02. The van der Waals surface area contributed by atoms with Crippen LogP contribution in [-0.2, 0) is 0 Å². The first-order valence-electron chi connectivity index (χ1n) is 4.27. The van der Waals surface area contributed by atoms with Crippen molar-refractivity contribution in [2.45, 2.75) is 6.92 Å². The lowest BCUT2D eigenvalue weighted by atomic mass is 10.1. The Hall–Kier alpha value is -1.90. The van der Waals surface area contributed by atoms with Crippen molar-refractivity contribution in [1.82, 2.24) is 4.98 Å². The standard InChI is InChI=1S/C11H9NO2/c1-7-5-9-8(11(13)14)3-2-4-10(9)12-6-7/h2-6H,1H3,(H,13,14). The molecular formula is C11H9NO2. The van der Waals surface area contributed by atoms with E-state index >= 15 is 0 Å². The molecule has 0 amide bonds. The summed E-state index contributed by atoms with van der Waals surface area (Å²) < 4.78 is 0. The summed E-state index contributed by atoms with van der Waals surface area (Å²) in [5, 5.41) is 9.64. The van der Waals surface area contributed by atoms with Gasteiger partial charge in [-0.15, -0.1) is 0 Å². The van der Waals surface area contributed by atoms with E-state index in [0.717, 1.165) is 11.1 Å². The SMILES string of the molecule is Cc1cnc2cccc(C(=O)O)c2c1. The zero-order valence-electron chi connectivity index (χ0n) is 7.69. The third-order valence-corrected chi connectivity index (χ3v) is 2.09. The number of hydrogen-bond donors (Lipinski definition) is 1. The molecule has 14 heavy (non-hydrogen) atoms. The topological polar surface area (TPSA) is 50.2 Å². The number of fused-ring (bicyclic) bond motifs is 1. The predicted molar refractivity (Wildman–Crippen MR) is 53.4 cm³/mol. The van der Waals surface area contributed by atoms with Gasteiger partial charge in [-0.25, -0.2) is 4.79 Å². The molecule has 0 atom stereocenters. The summed E-state index contributed by atoms with van der Waals surface area (Å²) >= 11 is 0. The molecule has 0 aliphatic rings. The van der Waals surface area contributed by atoms with Gasteiger partial charge < -0.3 is 5.11 Å². The van der Waals surface area contributed by atoms with Crippen molar-refractivity contribution >= 4 is 16.9 Å². The van der Waals surface area contributed by atoms with Gasteiger partial charge in [-0.3, -0.25) is 4.98 Å². The van der Waals surface area contributed by atoms with E-state index in [1.807, 2.05) is 13.0 Å². The lowest BCUT2D eigenvalue weighted by Gasteiger charge is -2.01. The first-order valence-corrected chi connectivity index (χ1v) is 4.27. The number of aromatic nitrogens is 1. The summed E-state index contributed by atoms with van der Waals surface area (Å²) in [7, 11) is 0. The van der Waals surface area contributed by atoms with Crippen LogP contribution in [0.5, 0.6) is 0 Å². The van der Waals surface area contributed by atoms with Gasteiger partial charge in [0.2, 0.25) is 0 Å². The molecule has 1 aromatic heterocycles.